The van der Waals surface area contributed by atoms with E-state index in [1.54, 1.807) is 24.3 Å². The van der Waals surface area contributed by atoms with Gasteiger partial charge in [0.15, 0.2) is 6.61 Å². The van der Waals surface area contributed by atoms with E-state index in [4.69, 9.17) is 16.3 Å². The minimum atomic E-state index is -0.424. The molecule has 2 amide bonds. The molecule has 1 rings (SSSR count). The van der Waals surface area contributed by atoms with Gasteiger partial charge < -0.3 is 4.74 Å². The molecule has 28 heavy (non-hydrogen) atoms. The Bertz CT molecular complexity index is 566. The lowest BCUT2D eigenvalue weighted by molar-refractivity contribution is -0.130. The van der Waals surface area contributed by atoms with E-state index in [1.165, 1.54) is 57.8 Å². The van der Waals surface area contributed by atoms with E-state index in [9.17, 15) is 9.59 Å². The molecule has 1 aromatic rings. The summed E-state index contributed by atoms with van der Waals surface area (Å²) in [5.74, 6) is -0.166. The summed E-state index contributed by atoms with van der Waals surface area (Å²) >= 11 is 5.95. The predicted octanol–water partition coefficient (Wildman–Crippen LogP) is 5.57. The molecule has 0 spiro atoms. The third-order valence-electron chi connectivity index (χ3n) is 4.54. The number of nitrogens with one attached hydrogen (secondary N) is 2. The van der Waals surface area contributed by atoms with Crippen LogP contribution in [0.5, 0.6) is 5.75 Å². The first-order chi connectivity index (χ1) is 13.6. The van der Waals surface area contributed by atoms with Gasteiger partial charge in [-0.15, -0.1) is 0 Å². The maximum atomic E-state index is 11.7. The minimum absolute atomic E-state index is 0.179. The zero-order valence-electron chi connectivity index (χ0n) is 17.1. The lowest BCUT2D eigenvalue weighted by Gasteiger charge is -2.09. The summed E-state index contributed by atoms with van der Waals surface area (Å²) in [4.78, 5) is 23.4. The fraction of sp³-hybridized carbons (Fsp3) is 0.636. The summed E-state index contributed by atoms with van der Waals surface area (Å²) < 4.78 is 5.31. The molecule has 0 aliphatic heterocycles. The fourth-order valence-corrected chi connectivity index (χ4v) is 3.08. The molecule has 0 saturated carbocycles. The minimum Gasteiger partial charge on any atom is -0.482 e. The molecule has 0 aromatic heterocycles. The Labute approximate surface area is 174 Å². The van der Waals surface area contributed by atoms with Crippen LogP contribution in [0.2, 0.25) is 5.02 Å². The van der Waals surface area contributed by atoms with Crippen molar-refractivity contribution in [3.05, 3.63) is 29.3 Å². The molecule has 0 unspecified atom stereocenters. The van der Waals surface area contributed by atoms with Gasteiger partial charge in [-0.1, -0.05) is 94.9 Å². The van der Waals surface area contributed by atoms with Crippen LogP contribution in [-0.2, 0) is 9.59 Å². The number of unbranched alkanes of at least 4 members (excludes halogenated alkanes) is 10. The predicted molar refractivity (Wildman–Crippen MR) is 114 cm³/mol. The number of hydrogen-bond acceptors (Lipinski definition) is 3. The zero-order valence-corrected chi connectivity index (χ0v) is 17.9. The highest BCUT2D eigenvalue weighted by Crippen LogP contribution is 2.22. The quantitative estimate of drug-likeness (QED) is 0.293. The average molecular weight is 411 g/mol. The van der Waals surface area contributed by atoms with Crippen LogP contribution in [0.4, 0.5) is 0 Å². The van der Waals surface area contributed by atoms with Crippen molar-refractivity contribution in [3.8, 4) is 5.75 Å². The number of rotatable bonds is 15. The highest BCUT2D eigenvalue weighted by atomic mass is 35.5. The SMILES string of the molecule is CCCCCCCCCCCCCC(=O)NNC(=O)COc1ccccc1Cl. The van der Waals surface area contributed by atoms with Gasteiger partial charge in [0, 0.05) is 6.42 Å². The molecule has 0 bridgehead atoms. The number of carbonyl (C=O) groups is 2. The second-order valence-corrected chi connectivity index (χ2v) is 7.51. The van der Waals surface area contributed by atoms with Gasteiger partial charge in [0.1, 0.15) is 5.75 Å². The third-order valence-corrected chi connectivity index (χ3v) is 4.86. The van der Waals surface area contributed by atoms with Crippen LogP contribution in [0.1, 0.15) is 84.0 Å². The number of hydrazine groups is 1. The molecule has 0 heterocycles. The van der Waals surface area contributed by atoms with Crippen LogP contribution in [0, 0.1) is 0 Å². The van der Waals surface area contributed by atoms with Crippen molar-refractivity contribution in [2.75, 3.05) is 6.61 Å². The molecule has 0 aliphatic carbocycles. The number of carbonyl (C=O) groups excluding carboxylic acids is 2. The number of amides is 2. The van der Waals surface area contributed by atoms with Crippen LogP contribution >= 0.6 is 11.6 Å². The standard InChI is InChI=1S/C22H35ClN2O3/c1-2-3-4-5-6-7-8-9-10-11-12-17-21(26)24-25-22(27)18-28-20-16-14-13-15-19(20)23/h13-16H,2-12,17-18H2,1H3,(H,24,26)(H,25,27). The number of benzene rings is 1. The van der Waals surface area contributed by atoms with Crippen LogP contribution < -0.4 is 15.6 Å². The molecule has 0 atom stereocenters. The Balaban J connectivity index is 1.93. The van der Waals surface area contributed by atoms with E-state index in [2.05, 4.69) is 17.8 Å². The van der Waals surface area contributed by atoms with Crippen molar-refractivity contribution in [2.45, 2.75) is 84.0 Å². The Kier molecular flexibility index (Phi) is 14.1. The maximum absolute atomic E-state index is 11.7. The summed E-state index contributed by atoms with van der Waals surface area (Å²) in [5.41, 5.74) is 4.77. The smallest absolute Gasteiger partial charge is 0.276 e. The molecule has 5 nitrogen and oxygen atoms in total. The van der Waals surface area contributed by atoms with Gasteiger partial charge in [-0.2, -0.15) is 0 Å². The van der Waals surface area contributed by atoms with Gasteiger partial charge in [-0.3, -0.25) is 20.4 Å². The monoisotopic (exact) mass is 410 g/mol. The first kappa shape index (κ1) is 24.3. The molecular formula is C22H35ClN2O3. The van der Waals surface area contributed by atoms with Crippen LogP contribution in [0.15, 0.2) is 24.3 Å². The number of hydrogen-bond donors (Lipinski definition) is 2. The van der Waals surface area contributed by atoms with E-state index in [1.807, 2.05) is 0 Å². The van der Waals surface area contributed by atoms with Crippen molar-refractivity contribution in [2.24, 2.45) is 0 Å². The van der Waals surface area contributed by atoms with E-state index < -0.39 is 5.91 Å². The molecule has 158 valence electrons. The van der Waals surface area contributed by atoms with Gasteiger partial charge in [-0.25, -0.2) is 0 Å². The molecule has 6 heteroatoms. The number of ether oxygens (including phenoxy) is 1. The Morgan fingerprint density at radius 2 is 1.36 bits per heavy atom. The third kappa shape index (κ3) is 12.6. The molecule has 0 aliphatic rings. The van der Waals surface area contributed by atoms with Gasteiger partial charge in [0.25, 0.3) is 5.91 Å². The van der Waals surface area contributed by atoms with Crippen LogP contribution in [-0.4, -0.2) is 18.4 Å². The molecular weight excluding hydrogens is 376 g/mol. The summed E-state index contributed by atoms with van der Waals surface area (Å²) in [5, 5.41) is 0.441. The summed E-state index contributed by atoms with van der Waals surface area (Å²) in [6, 6.07) is 6.92. The molecule has 0 saturated heterocycles. The van der Waals surface area contributed by atoms with E-state index in [-0.39, 0.29) is 12.5 Å². The summed E-state index contributed by atoms with van der Waals surface area (Å²) in [6.07, 6.45) is 14.1. The van der Waals surface area contributed by atoms with Crippen LogP contribution in [0.3, 0.4) is 0 Å². The molecule has 2 N–H and O–H groups in total. The zero-order chi connectivity index (χ0) is 20.5. The normalized spacial score (nSPS) is 10.5. The highest BCUT2D eigenvalue weighted by molar-refractivity contribution is 6.32. The Hall–Kier alpha value is -1.75. The van der Waals surface area contributed by atoms with Gasteiger partial charge in [0.2, 0.25) is 5.91 Å². The van der Waals surface area contributed by atoms with Crippen molar-refractivity contribution >= 4 is 23.4 Å². The number of para-hydroxylation sites is 1. The van der Waals surface area contributed by atoms with Crippen molar-refractivity contribution in [3.63, 3.8) is 0 Å². The van der Waals surface area contributed by atoms with Crippen molar-refractivity contribution < 1.29 is 14.3 Å². The van der Waals surface area contributed by atoms with Crippen molar-refractivity contribution in [1.82, 2.24) is 10.9 Å². The Morgan fingerprint density at radius 3 is 1.96 bits per heavy atom. The van der Waals surface area contributed by atoms with Gasteiger partial charge in [-0.05, 0) is 18.6 Å². The van der Waals surface area contributed by atoms with Gasteiger partial charge in [0.05, 0.1) is 5.02 Å². The summed E-state index contributed by atoms with van der Waals surface area (Å²) in [6.45, 7) is 2.04. The van der Waals surface area contributed by atoms with Crippen molar-refractivity contribution in [1.29, 1.82) is 0 Å². The largest absolute Gasteiger partial charge is 0.482 e. The lowest BCUT2D eigenvalue weighted by Crippen LogP contribution is -2.43. The van der Waals surface area contributed by atoms with E-state index in [0.717, 1.165) is 12.8 Å². The van der Waals surface area contributed by atoms with Crippen LogP contribution in [0.25, 0.3) is 0 Å². The second-order valence-electron chi connectivity index (χ2n) is 7.10. The molecule has 0 fully saturated rings. The number of halogens is 1. The van der Waals surface area contributed by atoms with E-state index in [0.29, 0.717) is 17.2 Å². The highest BCUT2D eigenvalue weighted by Gasteiger charge is 2.07. The summed E-state index contributed by atoms with van der Waals surface area (Å²) in [7, 11) is 0. The van der Waals surface area contributed by atoms with E-state index >= 15 is 0 Å². The fourth-order valence-electron chi connectivity index (χ4n) is 2.89. The lowest BCUT2D eigenvalue weighted by atomic mass is 10.1. The maximum Gasteiger partial charge on any atom is 0.276 e. The topological polar surface area (TPSA) is 67.4 Å². The van der Waals surface area contributed by atoms with Gasteiger partial charge >= 0.3 is 0 Å². The molecule has 1 aromatic carbocycles. The first-order valence-electron chi connectivity index (χ1n) is 10.6. The Morgan fingerprint density at radius 1 is 0.821 bits per heavy atom. The first-order valence-corrected chi connectivity index (χ1v) is 11.0. The molecule has 0 radical (unpaired) electrons. The average Bonchev–Trinajstić information content (AvgIpc) is 2.70. The second kappa shape index (κ2) is 16.2.